The van der Waals surface area contributed by atoms with E-state index in [1.54, 1.807) is 6.20 Å². The topological polar surface area (TPSA) is 79.3 Å². The first-order chi connectivity index (χ1) is 9.13. The first kappa shape index (κ1) is 15.5. The van der Waals surface area contributed by atoms with Gasteiger partial charge in [0.2, 0.25) is 5.91 Å². The number of hydrogen-bond donors (Lipinski definition) is 2. The molecule has 0 aliphatic carbocycles. The summed E-state index contributed by atoms with van der Waals surface area (Å²) in [6.45, 7) is 1.89. The van der Waals surface area contributed by atoms with Crippen LogP contribution in [0, 0.1) is 0 Å². The number of rotatable bonds is 8. The Labute approximate surface area is 116 Å². The van der Waals surface area contributed by atoms with E-state index in [4.69, 9.17) is 5.11 Å². The van der Waals surface area contributed by atoms with Crippen LogP contribution in [0.15, 0.2) is 24.4 Å². The van der Waals surface area contributed by atoms with E-state index in [1.807, 2.05) is 25.1 Å². The van der Waals surface area contributed by atoms with Gasteiger partial charge in [0.1, 0.15) is 6.04 Å². The van der Waals surface area contributed by atoms with Crippen LogP contribution < -0.4 is 5.32 Å². The van der Waals surface area contributed by atoms with Crippen molar-refractivity contribution in [2.75, 3.05) is 5.75 Å². The lowest BCUT2D eigenvalue weighted by Gasteiger charge is -2.13. The maximum absolute atomic E-state index is 11.6. The number of pyridine rings is 1. The Morgan fingerprint density at radius 1 is 1.47 bits per heavy atom. The molecule has 6 heteroatoms. The third kappa shape index (κ3) is 6.24. The second-order valence-electron chi connectivity index (χ2n) is 4.06. The second-order valence-corrected chi connectivity index (χ2v) is 5.05. The summed E-state index contributed by atoms with van der Waals surface area (Å²) < 4.78 is 0. The number of thioether (sulfide) groups is 1. The number of aliphatic carboxylic acids is 1. The highest BCUT2D eigenvalue weighted by Gasteiger charge is 2.18. The van der Waals surface area contributed by atoms with Crippen LogP contribution in [0.4, 0.5) is 0 Å². The Balaban J connectivity index is 2.29. The Morgan fingerprint density at radius 3 is 2.84 bits per heavy atom. The maximum Gasteiger partial charge on any atom is 0.326 e. The number of nitrogens with zero attached hydrogens (tertiary/aromatic N) is 1. The molecule has 0 aliphatic heterocycles. The van der Waals surface area contributed by atoms with Gasteiger partial charge in [0.05, 0.1) is 11.4 Å². The first-order valence-corrected chi connectivity index (χ1v) is 7.28. The van der Waals surface area contributed by atoms with Gasteiger partial charge in [-0.2, -0.15) is 0 Å². The summed E-state index contributed by atoms with van der Waals surface area (Å²) in [5, 5.41) is 11.4. The van der Waals surface area contributed by atoms with E-state index >= 15 is 0 Å². The van der Waals surface area contributed by atoms with Crippen molar-refractivity contribution in [1.29, 1.82) is 0 Å². The standard InChI is InChI=1S/C13H18N2O3S/c1-2-5-11(13(17)18)15-12(16)9-19-8-10-6-3-4-7-14-10/h3-4,6-7,11H,2,5,8-9H2,1H3,(H,15,16)(H,17,18). The lowest BCUT2D eigenvalue weighted by Crippen LogP contribution is -2.41. The molecule has 1 amide bonds. The number of carbonyl (C=O) groups excluding carboxylic acids is 1. The third-order valence-corrected chi connectivity index (χ3v) is 3.39. The van der Waals surface area contributed by atoms with Crippen molar-refractivity contribution in [2.24, 2.45) is 0 Å². The molecular weight excluding hydrogens is 264 g/mol. The predicted octanol–water partition coefficient (Wildman–Crippen LogP) is 1.68. The minimum absolute atomic E-state index is 0.240. The molecule has 1 aromatic rings. The number of carbonyl (C=O) groups is 2. The van der Waals surface area contributed by atoms with Gasteiger partial charge in [0.25, 0.3) is 0 Å². The largest absolute Gasteiger partial charge is 0.480 e. The van der Waals surface area contributed by atoms with Gasteiger partial charge >= 0.3 is 5.97 Å². The van der Waals surface area contributed by atoms with Crippen LogP contribution in [0.25, 0.3) is 0 Å². The number of aromatic nitrogens is 1. The number of hydrogen-bond acceptors (Lipinski definition) is 4. The highest BCUT2D eigenvalue weighted by atomic mass is 32.2. The molecule has 0 saturated heterocycles. The number of carboxylic acids is 1. The van der Waals surface area contributed by atoms with E-state index in [9.17, 15) is 9.59 Å². The average Bonchev–Trinajstić information content (AvgIpc) is 2.39. The Bertz CT molecular complexity index is 412. The van der Waals surface area contributed by atoms with Crippen LogP contribution in [0.3, 0.4) is 0 Å². The van der Waals surface area contributed by atoms with Crippen LogP contribution in [-0.4, -0.2) is 33.8 Å². The Morgan fingerprint density at radius 2 is 2.26 bits per heavy atom. The smallest absolute Gasteiger partial charge is 0.326 e. The Hall–Kier alpha value is -1.56. The molecule has 0 fully saturated rings. The van der Waals surface area contributed by atoms with Gasteiger partial charge in [0.15, 0.2) is 0 Å². The van der Waals surface area contributed by atoms with Crippen molar-refractivity contribution in [3.8, 4) is 0 Å². The van der Waals surface area contributed by atoms with Crippen LogP contribution in [0.2, 0.25) is 0 Å². The summed E-state index contributed by atoms with van der Waals surface area (Å²) in [4.78, 5) is 26.6. The molecule has 0 spiro atoms. The SMILES string of the molecule is CCCC(NC(=O)CSCc1ccccn1)C(=O)O. The fourth-order valence-electron chi connectivity index (χ4n) is 1.51. The minimum Gasteiger partial charge on any atom is -0.480 e. The first-order valence-electron chi connectivity index (χ1n) is 6.13. The fraction of sp³-hybridized carbons (Fsp3) is 0.462. The molecule has 1 rings (SSSR count). The zero-order valence-corrected chi connectivity index (χ0v) is 11.7. The molecule has 0 aromatic carbocycles. The highest BCUT2D eigenvalue weighted by Crippen LogP contribution is 2.09. The molecule has 0 aliphatic rings. The van der Waals surface area contributed by atoms with E-state index < -0.39 is 12.0 Å². The van der Waals surface area contributed by atoms with Crippen LogP contribution in [0.1, 0.15) is 25.5 Å². The number of carboxylic acid groups (broad SMARTS) is 1. The van der Waals surface area contributed by atoms with Crippen molar-refractivity contribution in [1.82, 2.24) is 10.3 Å². The molecule has 5 nitrogen and oxygen atoms in total. The molecule has 19 heavy (non-hydrogen) atoms. The molecule has 0 radical (unpaired) electrons. The summed E-state index contributed by atoms with van der Waals surface area (Å²) >= 11 is 1.42. The molecular formula is C13H18N2O3S. The van der Waals surface area contributed by atoms with Gasteiger partial charge < -0.3 is 10.4 Å². The normalized spacial score (nSPS) is 11.8. The van der Waals surface area contributed by atoms with Crippen LogP contribution in [0.5, 0.6) is 0 Å². The molecule has 1 unspecified atom stereocenters. The quantitative estimate of drug-likeness (QED) is 0.758. The molecule has 0 bridgehead atoms. The summed E-state index contributed by atoms with van der Waals surface area (Å²) in [5.41, 5.74) is 0.906. The third-order valence-electron chi connectivity index (χ3n) is 2.42. The van der Waals surface area contributed by atoms with E-state index in [0.717, 1.165) is 12.1 Å². The molecule has 104 valence electrons. The van der Waals surface area contributed by atoms with Gasteiger partial charge in [-0.15, -0.1) is 11.8 Å². The van der Waals surface area contributed by atoms with E-state index in [0.29, 0.717) is 12.2 Å². The molecule has 0 saturated carbocycles. The van der Waals surface area contributed by atoms with Gasteiger partial charge in [-0.05, 0) is 18.6 Å². The van der Waals surface area contributed by atoms with Gasteiger partial charge in [0, 0.05) is 11.9 Å². The summed E-state index contributed by atoms with van der Waals surface area (Å²) in [5.74, 6) is -0.351. The van der Waals surface area contributed by atoms with Crippen molar-refractivity contribution in [2.45, 2.75) is 31.6 Å². The monoisotopic (exact) mass is 282 g/mol. The van der Waals surface area contributed by atoms with Crippen molar-refractivity contribution in [3.63, 3.8) is 0 Å². The predicted molar refractivity (Wildman–Crippen MR) is 74.9 cm³/mol. The molecule has 2 N–H and O–H groups in total. The zero-order valence-electron chi connectivity index (χ0n) is 10.8. The summed E-state index contributed by atoms with van der Waals surface area (Å²) in [7, 11) is 0. The van der Waals surface area contributed by atoms with Gasteiger partial charge in [-0.25, -0.2) is 4.79 Å². The van der Waals surface area contributed by atoms with Crippen molar-refractivity contribution < 1.29 is 14.7 Å². The van der Waals surface area contributed by atoms with Crippen LogP contribution in [-0.2, 0) is 15.3 Å². The second kappa shape index (κ2) is 8.53. The number of amides is 1. The van der Waals surface area contributed by atoms with Crippen molar-refractivity contribution >= 4 is 23.6 Å². The molecule has 1 heterocycles. The highest BCUT2D eigenvalue weighted by molar-refractivity contribution is 7.99. The van der Waals surface area contributed by atoms with E-state index in [1.165, 1.54) is 11.8 Å². The average molecular weight is 282 g/mol. The van der Waals surface area contributed by atoms with E-state index in [2.05, 4.69) is 10.3 Å². The van der Waals surface area contributed by atoms with Gasteiger partial charge in [-0.3, -0.25) is 9.78 Å². The molecule has 1 aromatic heterocycles. The van der Waals surface area contributed by atoms with Crippen molar-refractivity contribution in [3.05, 3.63) is 30.1 Å². The van der Waals surface area contributed by atoms with Gasteiger partial charge in [-0.1, -0.05) is 19.4 Å². The summed E-state index contributed by atoms with van der Waals surface area (Å²) in [6, 6.07) is 4.84. The van der Waals surface area contributed by atoms with E-state index in [-0.39, 0.29) is 11.7 Å². The lowest BCUT2D eigenvalue weighted by molar-refractivity contribution is -0.141. The fourth-order valence-corrected chi connectivity index (χ4v) is 2.26. The minimum atomic E-state index is -0.982. The summed E-state index contributed by atoms with van der Waals surface area (Å²) in [6.07, 6.45) is 2.88. The lowest BCUT2D eigenvalue weighted by atomic mass is 10.2. The maximum atomic E-state index is 11.6. The zero-order chi connectivity index (χ0) is 14.1. The molecule has 1 atom stereocenters. The number of nitrogens with one attached hydrogen (secondary N) is 1. The van der Waals surface area contributed by atoms with Crippen LogP contribution >= 0.6 is 11.8 Å². The Kier molecular flexibility index (Phi) is 6.95.